The molecule has 1 heterocycles. The molecule has 0 aliphatic carbocycles. The van der Waals surface area contributed by atoms with Gasteiger partial charge in [-0.25, -0.2) is 4.98 Å². The molecule has 0 fully saturated rings. The SMILES string of the molecule is O=C(C=Cc1cccc(Cl)c1)NCc1ncc[nH]1. The van der Waals surface area contributed by atoms with Crippen LogP contribution in [-0.4, -0.2) is 15.9 Å². The molecule has 5 heteroatoms. The molecule has 0 unspecified atom stereocenters. The third kappa shape index (κ3) is 3.75. The molecule has 2 aromatic rings. The maximum absolute atomic E-state index is 11.5. The zero-order valence-corrected chi connectivity index (χ0v) is 10.3. The molecule has 0 radical (unpaired) electrons. The fourth-order valence-corrected chi connectivity index (χ4v) is 1.61. The predicted octanol–water partition coefficient (Wildman–Crippen LogP) is 2.39. The van der Waals surface area contributed by atoms with Crippen LogP contribution in [0, 0.1) is 0 Å². The molecule has 0 spiro atoms. The van der Waals surface area contributed by atoms with Crippen molar-refractivity contribution >= 4 is 23.6 Å². The van der Waals surface area contributed by atoms with Crippen LogP contribution in [0.5, 0.6) is 0 Å². The number of hydrogen-bond acceptors (Lipinski definition) is 2. The first-order valence-corrected chi connectivity index (χ1v) is 5.81. The second kappa shape index (κ2) is 6.02. The number of benzene rings is 1. The highest BCUT2D eigenvalue weighted by Gasteiger charge is 1.98. The monoisotopic (exact) mass is 261 g/mol. The Morgan fingerprint density at radius 2 is 2.39 bits per heavy atom. The van der Waals surface area contributed by atoms with Crippen molar-refractivity contribution < 1.29 is 4.79 Å². The number of H-pyrrole nitrogens is 1. The number of carbonyl (C=O) groups is 1. The maximum atomic E-state index is 11.5. The van der Waals surface area contributed by atoms with Crippen molar-refractivity contribution in [2.24, 2.45) is 0 Å². The van der Waals surface area contributed by atoms with Crippen LogP contribution in [0.4, 0.5) is 0 Å². The van der Waals surface area contributed by atoms with E-state index >= 15 is 0 Å². The Morgan fingerprint density at radius 1 is 1.50 bits per heavy atom. The summed E-state index contributed by atoms with van der Waals surface area (Å²) in [6.07, 6.45) is 6.53. The fourth-order valence-electron chi connectivity index (χ4n) is 1.41. The molecular formula is C13H12ClN3O. The van der Waals surface area contributed by atoms with E-state index in [0.29, 0.717) is 11.6 Å². The number of aromatic amines is 1. The summed E-state index contributed by atoms with van der Waals surface area (Å²) in [5.41, 5.74) is 0.885. The molecule has 92 valence electrons. The zero-order valence-electron chi connectivity index (χ0n) is 9.56. The molecule has 1 aromatic heterocycles. The van der Waals surface area contributed by atoms with Crippen molar-refractivity contribution in [3.8, 4) is 0 Å². The summed E-state index contributed by atoms with van der Waals surface area (Å²) in [7, 11) is 0. The molecule has 1 aromatic carbocycles. The van der Waals surface area contributed by atoms with Crippen molar-refractivity contribution in [3.63, 3.8) is 0 Å². The normalized spacial score (nSPS) is 10.7. The van der Waals surface area contributed by atoms with Gasteiger partial charge in [-0.2, -0.15) is 0 Å². The summed E-state index contributed by atoms with van der Waals surface area (Å²) in [5.74, 6) is 0.547. The first kappa shape index (κ1) is 12.4. The number of hydrogen-bond donors (Lipinski definition) is 2. The van der Waals surface area contributed by atoms with Crippen molar-refractivity contribution in [1.29, 1.82) is 0 Å². The minimum Gasteiger partial charge on any atom is -0.347 e. The van der Waals surface area contributed by atoms with E-state index in [-0.39, 0.29) is 5.91 Å². The number of carbonyl (C=O) groups excluding carboxylic acids is 1. The van der Waals surface area contributed by atoms with E-state index in [1.54, 1.807) is 30.6 Å². The Kier molecular flexibility index (Phi) is 4.15. The summed E-state index contributed by atoms with van der Waals surface area (Å²) < 4.78 is 0. The van der Waals surface area contributed by atoms with Gasteiger partial charge in [-0.15, -0.1) is 0 Å². The summed E-state index contributed by atoms with van der Waals surface area (Å²) in [6.45, 7) is 0.381. The Morgan fingerprint density at radius 3 is 3.11 bits per heavy atom. The van der Waals surface area contributed by atoms with E-state index in [9.17, 15) is 4.79 Å². The number of rotatable bonds is 4. The fraction of sp³-hybridized carbons (Fsp3) is 0.0769. The molecule has 2 N–H and O–H groups in total. The van der Waals surface area contributed by atoms with Gasteiger partial charge in [0.05, 0.1) is 6.54 Å². The van der Waals surface area contributed by atoms with Gasteiger partial charge in [-0.1, -0.05) is 23.7 Å². The number of halogens is 1. The molecule has 0 atom stereocenters. The lowest BCUT2D eigenvalue weighted by Gasteiger charge is -1.98. The van der Waals surface area contributed by atoms with Crippen molar-refractivity contribution in [3.05, 3.63) is 59.1 Å². The molecule has 0 saturated heterocycles. The summed E-state index contributed by atoms with van der Waals surface area (Å²) in [5, 5.41) is 3.36. The van der Waals surface area contributed by atoms with Crippen LogP contribution in [-0.2, 0) is 11.3 Å². The van der Waals surface area contributed by atoms with Gasteiger partial charge < -0.3 is 10.3 Å². The summed E-state index contributed by atoms with van der Waals surface area (Å²) >= 11 is 5.84. The number of imidazole rings is 1. The van der Waals surface area contributed by atoms with Crippen molar-refractivity contribution in [2.45, 2.75) is 6.54 Å². The largest absolute Gasteiger partial charge is 0.347 e. The molecule has 4 nitrogen and oxygen atoms in total. The van der Waals surface area contributed by atoms with Gasteiger partial charge in [0, 0.05) is 23.5 Å². The second-order valence-electron chi connectivity index (χ2n) is 3.64. The summed E-state index contributed by atoms with van der Waals surface area (Å²) in [4.78, 5) is 18.4. The van der Waals surface area contributed by atoms with E-state index in [1.165, 1.54) is 6.08 Å². The predicted molar refractivity (Wildman–Crippen MR) is 70.9 cm³/mol. The molecule has 0 aliphatic heterocycles. The topological polar surface area (TPSA) is 57.8 Å². The van der Waals surface area contributed by atoms with Gasteiger partial charge >= 0.3 is 0 Å². The highest BCUT2D eigenvalue weighted by Crippen LogP contribution is 2.11. The Labute approximate surface area is 110 Å². The van der Waals surface area contributed by atoms with E-state index in [0.717, 1.165) is 11.4 Å². The highest BCUT2D eigenvalue weighted by atomic mass is 35.5. The highest BCUT2D eigenvalue weighted by molar-refractivity contribution is 6.30. The number of amides is 1. The maximum Gasteiger partial charge on any atom is 0.244 e. The van der Waals surface area contributed by atoms with Crippen LogP contribution >= 0.6 is 11.6 Å². The molecule has 18 heavy (non-hydrogen) atoms. The van der Waals surface area contributed by atoms with Gasteiger partial charge in [-0.3, -0.25) is 4.79 Å². The molecule has 0 saturated carbocycles. The molecule has 1 amide bonds. The first-order valence-electron chi connectivity index (χ1n) is 5.44. The van der Waals surface area contributed by atoms with Gasteiger partial charge in [0.25, 0.3) is 0 Å². The Hall–Kier alpha value is -2.07. The average Bonchev–Trinajstić information content (AvgIpc) is 2.87. The van der Waals surface area contributed by atoms with Crippen LogP contribution in [0.3, 0.4) is 0 Å². The van der Waals surface area contributed by atoms with Gasteiger partial charge in [-0.05, 0) is 23.8 Å². The molecular weight excluding hydrogens is 250 g/mol. The van der Waals surface area contributed by atoms with Crippen LogP contribution in [0.2, 0.25) is 5.02 Å². The molecule has 2 rings (SSSR count). The van der Waals surface area contributed by atoms with E-state index in [1.807, 2.05) is 12.1 Å². The van der Waals surface area contributed by atoms with Crippen LogP contribution in [0.25, 0.3) is 6.08 Å². The average molecular weight is 262 g/mol. The van der Waals surface area contributed by atoms with Gasteiger partial charge in [0.15, 0.2) is 0 Å². The lowest BCUT2D eigenvalue weighted by molar-refractivity contribution is -0.116. The van der Waals surface area contributed by atoms with E-state index < -0.39 is 0 Å². The lowest BCUT2D eigenvalue weighted by atomic mass is 10.2. The van der Waals surface area contributed by atoms with Crippen molar-refractivity contribution in [2.75, 3.05) is 0 Å². The van der Waals surface area contributed by atoms with E-state index in [2.05, 4.69) is 15.3 Å². The standard InChI is InChI=1S/C13H12ClN3O/c14-11-3-1-2-10(8-11)4-5-13(18)17-9-12-15-6-7-16-12/h1-8H,9H2,(H,15,16)(H,17,18). The third-order valence-electron chi connectivity index (χ3n) is 2.26. The molecule has 0 aliphatic rings. The smallest absolute Gasteiger partial charge is 0.244 e. The lowest BCUT2D eigenvalue weighted by Crippen LogP contribution is -2.20. The first-order chi connectivity index (χ1) is 8.74. The van der Waals surface area contributed by atoms with Crippen LogP contribution in [0.1, 0.15) is 11.4 Å². The number of nitrogens with one attached hydrogen (secondary N) is 2. The molecule has 0 bridgehead atoms. The summed E-state index contributed by atoms with van der Waals surface area (Å²) in [6, 6.07) is 7.29. The zero-order chi connectivity index (χ0) is 12.8. The Balaban J connectivity index is 1.87. The minimum absolute atomic E-state index is 0.175. The number of aromatic nitrogens is 2. The van der Waals surface area contributed by atoms with E-state index in [4.69, 9.17) is 11.6 Å². The Bertz CT molecular complexity index is 549. The quantitative estimate of drug-likeness (QED) is 0.831. The second-order valence-corrected chi connectivity index (χ2v) is 4.08. The van der Waals surface area contributed by atoms with Crippen LogP contribution < -0.4 is 5.32 Å². The van der Waals surface area contributed by atoms with Crippen LogP contribution in [0.15, 0.2) is 42.7 Å². The minimum atomic E-state index is -0.175. The third-order valence-corrected chi connectivity index (χ3v) is 2.50. The van der Waals surface area contributed by atoms with Crippen molar-refractivity contribution in [1.82, 2.24) is 15.3 Å². The number of nitrogens with zero attached hydrogens (tertiary/aromatic N) is 1. The van der Waals surface area contributed by atoms with Gasteiger partial charge in [0.2, 0.25) is 5.91 Å². The van der Waals surface area contributed by atoms with Gasteiger partial charge in [0.1, 0.15) is 5.82 Å².